The van der Waals surface area contributed by atoms with Crippen LogP contribution in [0.3, 0.4) is 0 Å². The molecule has 3 heterocycles. The SMILES string of the molecule is Clc1cnc(N/N=C\c2ccc(N3CCOCC3)s2)c(Cl)c1. The average Bonchev–Trinajstić information content (AvgIpc) is 2.99. The Morgan fingerprint density at radius 2 is 2.14 bits per heavy atom. The van der Waals surface area contributed by atoms with Gasteiger partial charge in [0.05, 0.1) is 34.5 Å². The van der Waals surface area contributed by atoms with Crippen molar-refractivity contribution in [2.45, 2.75) is 0 Å². The first-order valence-corrected chi connectivity index (χ1v) is 8.32. The number of nitrogens with zero attached hydrogens (tertiary/aromatic N) is 3. The predicted molar refractivity (Wildman–Crippen MR) is 92.8 cm³/mol. The van der Waals surface area contributed by atoms with Crippen LogP contribution in [-0.2, 0) is 4.74 Å². The van der Waals surface area contributed by atoms with Gasteiger partial charge in [0.15, 0.2) is 5.82 Å². The largest absolute Gasteiger partial charge is 0.378 e. The Balaban J connectivity index is 1.62. The highest BCUT2D eigenvalue weighted by Crippen LogP contribution is 2.26. The Kier molecular flexibility index (Phi) is 5.15. The number of hydrazone groups is 1. The first-order valence-electron chi connectivity index (χ1n) is 6.75. The lowest BCUT2D eigenvalue weighted by atomic mass is 10.4. The van der Waals surface area contributed by atoms with Gasteiger partial charge >= 0.3 is 0 Å². The van der Waals surface area contributed by atoms with Gasteiger partial charge < -0.3 is 9.64 Å². The van der Waals surface area contributed by atoms with Gasteiger partial charge in [-0.1, -0.05) is 23.2 Å². The third-order valence-electron chi connectivity index (χ3n) is 3.11. The Bertz CT molecular complexity index is 671. The van der Waals surface area contributed by atoms with Crippen molar-refractivity contribution in [3.8, 4) is 0 Å². The van der Waals surface area contributed by atoms with Crippen LogP contribution in [0, 0.1) is 0 Å². The number of nitrogens with one attached hydrogen (secondary N) is 1. The molecule has 0 spiro atoms. The van der Waals surface area contributed by atoms with Crippen LogP contribution in [0.25, 0.3) is 0 Å². The van der Waals surface area contributed by atoms with Crippen molar-refractivity contribution >= 4 is 51.6 Å². The molecule has 5 nitrogen and oxygen atoms in total. The average molecular weight is 357 g/mol. The van der Waals surface area contributed by atoms with Crippen molar-refractivity contribution < 1.29 is 4.74 Å². The fraction of sp³-hybridized carbons (Fsp3) is 0.286. The van der Waals surface area contributed by atoms with Crippen LogP contribution < -0.4 is 10.3 Å². The zero-order chi connectivity index (χ0) is 15.4. The molecule has 1 aliphatic rings. The molecule has 0 bridgehead atoms. The molecule has 0 atom stereocenters. The number of ether oxygens (including phenoxy) is 1. The van der Waals surface area contributed by atoms with Crippen molar-refractivity contribution in [2.24, 2.45) is 5.10 Å². The summed E-state index contributed by atoms with van der Waals surface area (Å²) in [6, 6.07) is 5.76. The standard InChI is InChI=1S/C14H14Cl2N4OS/c15-10-7-12(16)14(17-8-10)19-18-9-11-1-2-13(22-11)20-3-5-21-6-4-20/h1-2,7-9H,3-6H2,(H,17,19)/b18-9-. The van der Waals surface area contributed by atoms with Crippen molar-refractivity contribution in [3.05, 3.63) is 39.3 Å². The second-order valence-electron chi connectivity index (χ2n) is 4.63. The summed E-state index contributed by atoms with van der Waals surface area (Å²) in [5, 5.41) is 6.32. The van der Waals surface area contributed by atoms with Gasteiger partial charge in [0.2, 0.25) is 0 Å². The topological polar surface area (TPSA) is 49.8 Å². The highest BCUT2D eigenvalue weighted by atomic mass is 35.5. The van der Waals surface area contributed by atoms with E-state index in [1.54, 1.807) is 23.6 Å². The van der Waals surface area contributed by atoms with E-state index in [1.165, 1.54) is 11.2 Å². The molecule has 1 fully saturated rings. The van der Waals surface area contributed by atoms with Gasteiger partial charge in [-0.2, -0.15) is 5.10 Å². The summed E-state index contributed by atoms with van der Waals surface area (Å²) in [6.07, 6.45) is 3.27. The number of rotatable bonds is 4. The second-order valence-corrected chi connectivity index (χ2v) is 6.57. The Labute approximate surface area is 142 Å². The van der Waals surface area contributed by atoms with Crippen molar-refractivity contribution in [3.63, 3.8) is 0 Å². The van der Waals surface area contributed by atoms with Crippen molar-refractivity contribution in [2.75, 3.05) is 36.6 Å². The predicted octanol–water partition coefficient (Wildman–Crippen LogP) is 3.73. The number of anilines is 2. The molecule has 1 N–H and O–H groups in total. The molecular formula is C14H14Cl2N4OS. The fourth-order valence-electron chi connectivity index (χ4n) is 2.02. The molecule has 3 rings (SSSR count). The molecular weight excluding hydrogens is 343 g/mol. The van der Waals surface area contributed by atoms with E-state index in [0.717, 1.165) is 31.2 Å². The van der Waals surface area contributed by atoms with Crippen LogP contribution in [0.4, 0.5) is 10.8 Å². The number of hydrogen-bond acceptors (Lipinski definition) is 6. The van der Waals surface area contributed by atoms with Crippen LogP contribution in [0.5, 0.6) is 0 Å². The number of thiophene rings is 1. The van der Waals surface area contributed by atoms with Gasteiger partial charge in [-0.15, -0.1) is 11.3 Å². The third-order valence-corrected chi connectivity index (χ3v) is 4.68. The summed E-state index contributed by atoms with van der Waals surface area (Å²) in [7, 11) is 0. The zero-order valence-corrected chi connectivity index (χ0v) is 14.0. The van der Waals surface area contributed by atoms with Crippen LogP contribution in [-0.4, -0.2) is 37.5 Å². The first kappa shape index (κ1) is 15.6. The molecule has 22 heavy (non-hydrogen) atoms. The van der Waals surface area contributed by atoms with Gasteiger partial charge in [-0.3, -0.25) is 5.43 Å². The summed E-state index contributed by atoms with van der Waals surface area (Å²) in [6.45, 7) is 3.42. The monoisotopic (exact) mass is 356 g/mol. The molecule has 0 aliphatic carbocycles. The highest BCUT2D eigenvalue weighted by Gasteiger charge is 2.12. The third kappa shape index (κ3) is 3.89. The van der Waals surface area contributed by atoms with E-state index in [2.05, 4.69) is 26.5 Å². The number of aromatic nitrogens is 1. The smallest absolute Gasteiger partial charge is 0.165 e. The maximum Gasteiger partial charge on any atom is 0.165 e. The Morgan fingerprint density at radius 1 is 1.32 bits per heavy atom. The van der Waals surface area contributed by atoms with Gasteiger partial charge in [-0.25, -0.2) is 4.98 Å². The maximum absolute atomic E-state index is 6.02. The van der Waals surface area contributed by atoms with Crippen LogP contribution >= 0.6 is 34.5 Å². The fourth-order valence-corrected chi connectivity index (χ4v) is 3.37. The van der Waals surface area contributed by atoms with Gasteiger partial charge in [0.25, 0.3) is 0 Å². The van der Waals surface area contributed by atoms with E-state index >= 15 is 0 Å². The van der Waals surface area contributed by atoms with Gasteiger partial charge in [0, 0.05) is 24.2 Å². The van der Waals surface area contributed by atoms with E-state index in [0.29, 0.717) is 15.9 Å². The van der Waals surface area contributed by atoms with Crippen molar-refractivity contribution in [1.29, 1.82) is 0 Å². The molecule has 0 aromatic carbocycles. The minimum Gasteiger partial charge on any atom is -0.378 e. The summed E-state index contributed by atoms with van der Waals surface area (Å²) in [5.41, 5.74) is 2.82. The maximum atomic E-state index is 6.02. The lowest BCUT2D eigenvalue weighted by Gasteiger charge is -2.27. The molecule has 116 valence electrons. The van der Waals surface area contributed by atoms with E-state index in [4.69, 9.17) is 27.9 Å². The number of morpholine rings is 1. The van der Waals surface area contributed by atoms with Crippen molar-refractivity contribution in [1.82, 2.24) is 4.98 Å². The molecule has 2 aromatic heterocycles. The molecule has 1 aliphatic heterocycles. The summed E-state index contributed by atoms with van der Waals surface area (Å²) < 4.78 is 5.36. The number of pyridine rings is 1. The molecule has 1 saturated heterocycles. The Morgan fingerprint density at radius 3 is 2.91 bits per heavy atom. The normalized spacial score (nSPS) is 15.5. The first-order chi connectivity index (χ1) is 10.7. The molecule has 2 aromatic rings. The summed E-state index contributed by atoms with van der Waals surface area (Å²) >= 11 is 13.5. The molecule has 0 radical (unpaired) electrons. The quantitative estimate of drug-likeness (QED) is 0.669. The summed E-state index contributed by atoms with van der Waals surface area (Å²) in [5.74, 6) is 0.479. The molecule has 0 unspecified atom stereocenters. The van der Waals surface area contributed by atoms with E-state index in [-0.39, 0.29) is 0 Å². The highest BCUT2D eigenvalue weighted by molar-refractivity contribution is 7.17. The Hall–Kier alpha value is -1.34. The molecule has 0 amide bonds. The van der Waals surface area contributed by atoms with E-state index in [1.807, 2.05) is 6.07 Å². The molecule has 8 heteroatoms. The number of halogens is 2. The van der Waals surface area contributed by atoms with Crippen LogP contribution in [0.2, 0.25) is 10.0 Å². The summed E-state index contributed by atoms with van der Waals surface area (Å²) in [4.78, 5) is 7.45. The minimum absolute atomic E-state index is 0.435. The van der Waals surface area contributed by atoms with E-state index < -0.39 is 0 Å². The van der Waals surface area contributed by atoms with Crippen LogP contribution in [0.1, 0.15) is 4.88 Å². The number of hydrogen-bond donors (Lipinski definition) is 1. The van der Waals surface area contributed by atoms with Crippen LogP contribution in [0.15, 0.2) is 29.5 Å². The van der Waals surface area contributed by atoms with E-state index in [9.17, 15) is 0 Å². The van der Waals surface area contributed by atoms with Gasteiger partial charge in [-0.05, 0) is 18.2 Å². The lowest BCUT2D eigenvalue weighted by Crippen LogP contribution is -2.35. The lowest BCUT2D eigenvalue weighted by molar-refractivity contribution is 0.123. The minimum atomic E-state index is 0.435. The molecule has 0 saturated carbocycles. The van der Waals surface area contributed by atoms with Gasteiger partial charge in [0.1, 0.15) is 0 Å². The second kappa shape index (κ2) is 7.28. The zero-order valence-electron chi connectivity index (χ0n) is 11.6.